The molecule has 3 aliphatic heterocycles. The highest BCUT2D eigenvalue weighted by Gasteiger charge is 2.61. The van der Waals surface area contributed by atoms with Crippen LogP contribution in [-0.4, -0.2) is 113 Å². The molecule has 6 rings (SSSR count). The van der Waals surface area contributed by atoms with Crippen molar-refractivity contribution in [2.45, 2.75) is 43.2 Å². The molecular weight excluding hydrogens is 676 g/mol. The second-order valence-electron chi connectivity index (χ2n) is 12.6. The van der Waals surface area contributed by atoms with E-state index in [0.717, 1.165) is 26.2 Å². The number of anilines is 1. The number of piperidine rings is 1. The Labute approximate surface area is 298 Å². The van der Waals surface area contributed by atoms with Gasteiger partial charge in [-0.1, -0.05) is 0 Å². The second kappa shape index (κ2) is 14.7. The van der Waals surface area contributed by atoms with Gasteiger partial charge < -0.3 is 28.7 Å². The van der Waals surface area contributed by atoms with E-state index in [2.05, 4.69) is 27.9 Å². The number of nitrogens with zero attached hydrogens (tertiary/aromatic N) is 6. The van der Waals surface area contributed by atoms with Crippen LogP contribution in [0.1, 0.15) is 43.4 Å². The number of hydrogen-bond acceptors (Lipinski definition) is 12. The Morgan fingerprint density at radius 1 is 0.980 bits per heavy atom. The summed E-state index contributed by atoms with van der Waals surface area (Å²) in [4.78, 5) is 39.8. The number of piperazine rings is 1. The molecule has 1 atom stereocenters. The molecule has 1 aromatic heterocycles. The van der Waals surface area contributed by atoms with Crippen LogP contribution < -0.4 is 18.5 Å². The van der Waals surface area contributed by atoms with Gasteiger partial charge in [-0.3, -0.25) is 9.69 Å². The van der Waals surface area contributed by atoms with Gasteiger partial charge in [0.1, 0.15) is 16.4 Å². The third-order valence-electron chi connectivity index (χ3n) is 9.63. The van der Waals surface area contributed by atoms with Gasteiger partial charge in [-0.2, -0.15) is 9.57 Å². The molecule has 15 heteroatoms. The van der Waals surface area contributed by atoms with Gasteiger partial charge in [0.25, 0.3) is 21.5 Å². The number of carbonyl (C=O) groups is 2. The summed E-state index contributed by atoms with van der Waals surface area (Å²) in [6, 6.07) is 13.7. The minimum Gasteiger partial charge on any atom is -0.497 e. The molecule has 0 radical (unpaired) electrons. The SMILES string of the molecule is CCOc1cc(OC)ccc1S(=O)(=O)N1C(=O)C(OC(=O)N2CCC(N3CCN(C)CC3)CC2)(c2cccnc2OCC)c2cc(C#N)ccc21. The van der Waals surface area contributed by atoms with Crippen molar-refractivity contribution in [3.63, 3.8) is 0 Å². The van der Waals surface area contributed by atoms with Gasteiger partial charge in [-0.25, -0.2) is 18.2 Å². The number of fused-ring (bicyclic) bond motifs is 1. The summed E-state index contributed by atoms with van der Waals surface area (Å²) >= 11 is 0. The van der Waals surface area contributed by atoms with Crippen LogP contribution in [0.4, 0.5) is 10.5 Å². The van der Waals surface area contributed by atoms with Crippen LogP contribution >= 0.6 is 0 Å². The molecule has 1 unspecified atom stereocenters. The molecular formula is C36H42N6O8S. The standard InChI is InChI=1S/C36H42N6O8S/c1-5-48-31-23-27(47-4)10-12-32(31)51(45,46)42-30-11-9-25(24-37)22-29(30)36(34(42)43,28-8-7-15-38-33(28)49-6-2)50-35(44)41-16-13-26(14-17-41)40-20-18-39(3)19-21-40/h7-12,15,22-23,26H,5-6,13-14,16-21H2,1-4H3. The molecule has 3 aromatic rings. The van der Waals surface area contributed by atoms with E-state index in [1.54, 1.807) is 24.8 Å². The lowest BCUT2D eigenvalue weighted by molar-refractivity contribution is -0.132. The summed E-state index contributed by atoms with van der Waals surface area (Å²) in [5.74, 6) is -0.808. The molecule has 2 aromatic carbocycles. The van der Waals surface area contributed by atoms with Gasteiger partial charge >= 0.3 is 6.09 Å². The van der Waals surface area contributed by atoms with Gasteiger partial charge in [0.2, 0.25) is 5.88 Å². The molecule has 2 saturated heterocycles. The fraction of sp³-hybridized carbons (Fsp3) is 0.444. The molecule has 14 nitrogen and oxygen atoms in total. The quantitative estimate of drug-likeness (QED) is 0.301. The second-order valence-corrected chi connectivity index (χ2v) is 14.3. The summed E-state index contributed by atoms with van der Waals surface area (Å²) in [5.41, 5.74) is -2.36. The number of pyridine rings is 1. The number of hydrogen-bond donors (Lipinski definition) is 0. The number of benzene rings is 2. The third kappa shape index (κ3) is 6.55. The predicted octanol–water partition coefficient (Wildman–Crippen LogP) is 3.59. The van der Waals surface area contributed by atoms with E-state index in [4.69, 9.17) is 18.9 Å². The van der Waals surface area contributed by atoms with E-state index in [-0.39, 0.29) is 52.1 Å². The predicted molar refractivity (Wildman–Crippen MR) is 186 cm³/mol. The topological polar surface area (TPSA) is 155 Å². The maximum Gasteiger partial charge on any atom is 0.411 e. The highest BCUT2D eigenvalue weighted by atomic mass is 32.2. The maximum absolute atomic E-state index is 15.2. The number of nitriles is 1. The molecule has 2 fully saturated rings. The highest BCUT2D eigenvalue weighted by molar-refractivity contribution is 7.93. The van der Waals surface area contributed by atoms with Gasteiger partial charge in [0.05, 0.1) is 43.2 Å². The summed E-state index contributed by atoms with van der Waals surface area (Å²) in [7, 11) is -1.20. The monoisotopic (exact) mass is 718 g/mol. The first-order chi connectivity index (χ1) is 24.6. The number of methoxy groups -OCH3 is 1. The van der Waals surface area contributed by atoms with Crippen molar-refractivity contribution < 1.29 is 37.0 Å². The van der Waals surface area contributed by atoms with Gasteiger partial charge in [-0.05, 0) is 76.2 Å². The van der Waals surface area contributed by atoms with Crippen molar-refractivity contribution in [1.29, 1.82) is 5.26 Å². The Bertz CT molecular complexity index is 1940. The molecule has 2 amide bonds. The Morgan fingerprint density at radius 3 is 2.37 bits per heavy atom. The Hall–Kier alpha value is -4.91. The van der Waals surface area contributed by atoms with E-state index >= 15 is 4.79 Å². The van der Waals surface area contributed by atoms with Crippen molar-refractivity contribution in [3.05, 3.63) is 71.4 Å². The smallest absolute Gasteiger partial charge is 0.411 e. The molecule has 0 saturated carbocycles. The van der Waals surface area contributed by atoms with Crippen molar-refractivity contribution in [2.75, 3.05) is 70.9 Å². The zero-order valence-corrected chi connectivity index (χ0v) is 30.0. The number of likely N-dealkylation sites (N-methyl/N-ethyl adjacent to an activating group) is 1. The van der Waals surface area contributed by atoms with Crippen LogP contribution in [0.15, 0.2) is 59.6 Å². The summed E-state index contributed by atoms with van der Waals surface area (Å²) < 4.78 is 53.2. The Morgan fingerprint density at radius 2 is 1.71 bits per heavy atom. The zero-order chi connectivity index (χ0) is 36.3. The fourth-order valence-electron chi connectivity index (χ4n) is 6.99. The molecule has 51 heavy (non-hydrogen) atoms. The largest absolute Gasteiger partial charge is 0.497 e. The Kier molecular flexibility index (Phi) is 10.4. The average Bonchev–Trinajstić information content (AvgIpc) is 3.39. The van der Waals surface area contributed by atoms with Crippen LogP contribution in [0.25, 0.3) is 0 Å². The average molecular weight is 719 g/mol. The van der Waals surface area contributed by atoms with E-state index in [1.807, 2.05) is 0 Å². The molecule has 0 spiro atoms. The molecule has 0 bridgehead atoms. The number of amides is 2. The molecule has 0 N–H and O–H groups in total. The van der Waals surface area contributed by atoms with Gasteiger partial charge in [0, 0.05) is 63.1 Å². The lowest BCUT2D eigenvalue weighted by Gasteiger charge is -2.42. The minimum atomic E-state index is -4.74. The van der Waals surface area contributed by atoms with Crippen LogP contribution in [0.5, 0.6) is 17.4 Å². The van der Waals surface area contributed by atoms with E-state index in [1.165, 1.54) is 55.8 Å². The molecule has 4 heterocycles. The van der Waals surface area contributed by atoms with Crippen LogP contribution in [-0.2, 0) is 25.2 Å². The van der Waals surface area contributed by atoms with Crippen molar-refractivity contribution in [3.8, 4) is 23.4 Å². The minimum absolute atomic E-state index is 0.0174. The van der Waals surface area contributed by atoms with E-state index < -0.39 is 27.6 Å². The number of likely N-dealkylation sites (tertiary alicyclic amines) is 1. The van der Waals surface area contributed by atoms with Crippen molar-refractivity contribution in [1.82, 2.24) is 19.7 Å². The lowest BCUT2D eigenvalue weighted by atomic mass is 9.87. The summed E-state index contributed by atoms with van der Waals surface area (Å²) in [6.07, 6.45) is 2.08. The molecule has 0 aliphatic carbocycles. The third-order valence-corrected chi connectivity index (χ3v) is 11.4. The zero-order valence-electron chi connectivity index (χ0n) is 29.2. The number of aromatic nitrogens is 1. The number of sulfonamides is 1. The fourth-order valence-corrected chi connectivity index (χ4v) is 8.56. The number of carbonyl (C=O) groups excluding carboxylic acids is 2. The normalized spacial score (nSPS) is 20.1. The maximum atomic E-state index is 15.2. The lowest BCUT2D eigenvalue weighted by Crippen LogP contribution is -2.54. The first-order valence-electron chi connectivity index (χ1n) is 17.0. The van der Waals surface area contributed by atoms with Crippen LogP contribution in [0.2, 0.25) is 0 Å². The molecule has 270 valence electrons. The molecule has 3 aliphatic rings. The van der Waals surface area contributed by atoms with Crippen molar-refractivity contribution in [2.24, 2.45) is 0 Å². The highest BCUT2D eigenvalue weighted by Crippen LogP contribution is 2.52. The first-order valence-corrected chi connectivity index (χ1v) is 18.5. The summed E-state index contributed by atoms with van der Waals surface area (Å²) in [6.45, 7) is 8.33. The van der Waals surface area contributed by atoms with Crippen LogP contribution in [0.3, 0.4) is 0 Å². The van der Waals surface area contributed by atoms with E-state index in [9.17, 15) is 18.5 Å². The Balaban J connectivity index is 1.46. The number of ether oxygens (including phenoxy) is 4. The van der Waals surface area contributed by atoms with E-state index in [0.29, 0.717) is 42.0 Å². The first kappa shape index (κ1) is 35.9. The number of rotatable bonds is 10. The van der Waals surface area contributed by atoms with Crippen LogP contribution in [0, 0.1) is 11.3 Å². The van der Waals surface area contributed by atoms with Crippen molar-refractivity contribution >= 4 is 27.7 Å². The van der Waals surface area contributed by atoms with Gasteiger partial charge in [0.15, 0.2) is 0 Å². The summed E-state index contributed by atoms with van der Waals surface area (Å²) in [5, 5.41) is 9.94. The van der Waals surface area contributed by atoms with Gasteiger partial charge in [-0.15, -0.1) is 0 Å².